The van der Waals surface area contributed by atoms with Crippen LogP contribution in [0.5, 0.6) is 0 Å². The molecule has 1 heterocycles. The van der Waals surface area contributed by atoms with Crippen LogP contribution in [-0.4, -0.2) is 15.1 Å². The fraction of sp³-hybridized carbons (Fsp3) is 0.167. The van der Waals surface area contributed by atoms with Crippen molar-refractivity contribution >= 4 is 15.9 Å². The van der Waals surface area contributed by atoms with Crippen LogP contribution in [-0.2, 0) is 0 Å². The van der Waals surface area contributed by atoms with E-state index in [1.165, 1.54) is 0 Å². The molecule has 0 radical (unpaired) electrons. The van der Waals surface area contributed by atoms with Crippen LogP contribution in [0.3, 0.4) is 0 Å². The van der Waals surface area contributed by atoms with E-state index in [0.717, 1.165) is 15.6 Å². The Morgan fingerprint density at radius 3 is 2.75 bits per heavy atom. The smallest absolute Gasteiger partial charge is 0.123 e. The van der Waals surface area contributed by atoms with E-state index >= 15 is 0 Å². The van der Waals surface area contributed by atoms with Crippen LogP contribution in [0.15, 0.2) is 41.3 Å². The van der Waals surface area contributed by atoms with Gasteiger partial charge in [-0.25, -0.2) is 0 Å². The molecule has 2 aromatic rings. The predicted molar refractivity (Wildman–Crippen MR) is 65.0 cm³/mol. The van der Waals surface area contributed by atoms with Crippen molar-refractivity contribution in [3.63, 3.8) is 0 Å². The molecule has 0 aliphatic rings. The third-order valence-electron chi connectivity index (χ3n) is 2.36. The molecule has 0 aliphatic heterocycles. The lowest BCUT2D eigenvalue weighted by molar-refractivity contribution is 0.214. The van der Waals surface area contributed by atoms with Crippen LogP contribution in [0.25, 0.3) is 0 Å². The zero-order valence-corrected chi connectivity index (χ0v) is 10.3. The molecule has 16 heavy (non-hydrogen) atoms. The molecule has 0 fully saturated rings. The Hall–Kier alpha value is -1.26. The lowest BCUT2D eigenvalue weighted by Gasteiger charge is -2.11. The topological polar surface area (TPSA) is 46.0 Å². The van der Waals surface area contributed by atoms with Crippen molar-refractivity contribution in [2.45, 2.75) is 13.0 Å². The Kier molecular flexibility index (Phi) is 3.31. The molecule has 82 valence electrons. The summed E-state index contributed by atoms with van der Waals surface area (Å²) in [6.07, 6.45) is 4.01. The van der Waals surface area contributed by atoms with Gasteiger partial charge in [-0.15, -0.1) is 0 Å². The summed E-state index contributed by atoms with van der Waals surface area (Å²) in [6.45, 7) is 1.98. The van der Waals surface area contributed by atoms with Gasteiger partial charge in [0.15, 0.2) is 0 Å². The van der Waals surface area contributed by atoms with Crippen LogP contribution >= 0.6 is 15.9 Å². The first-order chi connectivity index (χ1) is 7.68. The molecule has 0 aliphatic carbocycles. The van der Waals surface area contributed by atoms with Gasteiger partial charge in [-0.3, -0.25) is 9.97 Å². The molecule has 0 bridgehead atoms. The number of hydrogen-bond donors (Lipinski definition) is 1. The van der Waals surface area contributed by atoms with E-state index in [1.54, 1.807) is 18.6 Å². The Morgan fingerprint density at radius 1 is 1.31 bits per heavy atom. The lowest BCUT2D eigenvalue weighted by atomic mass is 10.0. The van der Waals surface area contributed by atoms with E-state index in [4.69, 9.17) is 0 Å². The summed E-state index contributed by atoms with van der Waals surface area (Å²) in [7, 11) is 0. The summed E-state index contributed by atoms with van der Waals surface area (Å²) in [4.78, 5) is 8.02. The first-order valence-electron chi connectivity index (χ1n) is 4.88. The molecular weight excluding hydrogens is 268 g/mol. The minimum Gasteiger partial charge on any atom is -0.382 e. The molecule has 0 saturated carbocycles. The number of aromatic nitrogens is 2. The van der Waals surface area contributed by atoms with Crippen LogP contribution < -0.4 is 0 Å². The number of aliphatic hydroxyl groups excluding tert-OH is 1. The summed E-state index contributed by atoms with van der Waals surface area (Å²) in [5, 5.41) is 10.1. The monoisotopic (exact) mass is 278 g/mol. The maximum absolute atomic E-state index is 10.1. The van der Waals surface area contributed by atoms with Crippen molar-refractivity contribution in [2.75, 3.05) is 0 Å². The maximum atomic E-state index is 10.1. The zero-order chi connectivity index (χ0) is 11.5. The van der Waals surface area contributed by atoms with Gasteiger partial charge >= 0.3 is 0 Å². The molecule has 4 heteroatoms. The average molecular weight is 279 g/mol. The van der Waals surface area contributed by atoms with Gasteiger partial charge in [-0.05, 0) is 24.1 Å². The fourth-order valence-corrected chi connectivity index (χ4v) is 1.71. The predicted octanol–water partition coefficient (Wildman–Crippen LogP) is 2.63. The fourth-order valence-electron chi connectivity index (χ4n) is 1.46. The highest BCUT2D eigenvalue weighted by Gasteiger charge is 2.12. The molecule has 1 unspecified atom stereocenters. The van der Waals surface area contributed by atoms with Gasteiger partial charge in [0.05, 0.1) is 11.9 Å². The van der Waals surface area contributed by atoms with E-state index in [0.29, 0.717) is 5.69 Å². The number of rotatable bonds is 2. The first kappa shape index (κ1) is 11.2. The van der Waals surface area contributed by atoms with Crippen LogP contribution in [0.2, 0.25) is 0 Å². The summed E-state index contributed by atoms with van der Waals surface area (Å²) >= 11 is 3.43. The second-order valence-electron chi connectivity index (χ2n) is 3.54. The van der Waals surface area contributed by atoms with Crippen molar-refractivity contribution in [3.8, 4) is 0 Å². The molecule has 0 spiro atoms. The highest BCUT2D eigenvalue weighted by atomic mass is 79.9. The van der Waals surface area contributed by atoms with Gasteiger partial charge in [-0.2, -0.15) is 0 Å². The summed E-state index contributed by atoms with van der Waals surface area (Å²) in [5.74, 6) is 0. The highest BCUT2D eigenvalue weighted by molar-refractivity contribution is 9.10. The van der Waals surface area contributed by atoms with Crippen LogP contribution in [0.4, 0.5) is 0 Å². The Labute approximate surface area is 102 Å². The van der Waals surface area contributed by atoms with Gasteiger partial charge in [0.1, 0.15) is 6.10 Å². The molecule has 2 rings (SSSR count). The number of hydrogen-bond acceptors (Lipinski definition) is 3. The van der Waals surface area contributed by atoms with E-state index in [9.17, 15) is 5.11 Å². The molecular formula is C12H11BrN2O. The summed E-state index contributed by atoms with van der Waals surface area (Å²) in [5.41, 5.74) is 2.46. The molecule has 3 nitrogen and oxygen atoms in total. The molecule has 0 saturated heterocycles. The Balaban J connectivity index is 2.34. The zero-order valence-electron chi connectivity index (χ0n) is 8.76. The maximum Gasteiger partial charge on any atom is 0.123 e. The standard InChI is InChI=1S/C12H11BrN2O/c1-8-6-9(2-3-10(8)13)12(16)11-7-14-4-5-15-11/h2-7,12,16H,1H3. The number of aliphatic hydroxyl groups is 1. The molecule has 1 aromatic carbocycles. The van der Waals surface area contributed by atoms with Gasteiger partial charge in [0.25, 0.3) is 0 Å². The van der Waals surface area contributed by atoms with E-state index < -0.39 is 6.10 Å². The van der Waals surface area contributed by atoms with Gasteiger partial charge < -0.3 is 5.11 Å². The van der Waals surface area contributed by atoms with Gasteiger partial charge in [-0.1, -0.05) is 28.1 Å². The number of halogens is 1. The summed E-state index contributed by atoms with van der Waals surface area (Å²) < 4.78 is 1.03. The molecule has 1 N–H and O–H groups in total. The van der Waals surface area contributed by atoms with E-state index in [2.05, 4.69) is 25.9 Å². The lowest BCUT2D eigenvalue weighted by Crippen LogP contribution is -2.02. The van der Waals surface area contributed by atoms with Crippen molar-refractivity contribution < 1.29 is 5.11 Å². The van der Waals surface area contributed by atoms with E-state index in [1.807, 2.05) is 25.1 Å². The van der Waals surface area contributed by atoms with Crippen LogP contribution in [0, 0.1) is 6.92 Å². The van der Waals surface area contributed by atoms with Gasteiger partial charge in [0, 0.05) is 16.9 Å². The second kappa shape index (κ2) is 4.72. The number of aryl methyl sites for hydroxylation is 1. The first-order valence-corrected chi connectivity index (χ1v) is 5.68. The SMILES string of the molecule is Cc1cc(C(O)c2cnccn2)ccc1Br. The van der Waals surface area contributed by atoms with Crippen molar-refractivity contribution in [2.24, 2.45) is 0 Å². The van der Waals surface area contributed by atoms with Crippen LogP contribution in [0.1, 0.15) is 22.9 Å². The minimum atomic E-state index is -0.722. The molecule has 1 aromatic heterocycles. The Bertz CT molecular complexity index is 488. The summed E-state index contributed by atoms with van der Waals surface area (Å²) in [6, 6.07) is 5.73. The third kappa shape index (κ3) is 2.28. The average Bonchev–Trinajstić information content (AvgIpc) is 2.33. The normalized spacial score (nSPS) is 12.4. The van der Waals surface area contributed by atoms with Gasteiger partial charge in [0.2, 0.25) is 0 Å². The number of benzene rings is 1. The molecule has 0 amide bonds. The van der Waals surface area contributed by atoms with E-state index in [-0.39, 0.29) is 0 Å². The Morgan fingerprint density at radius 2 is 2.12 bits per heavy atom. The number of nitrogens with zero attached hydrogens (tertiary/aromatic N) is 2. The third-order valence-corrected chi connectivity index (χ3v) is 3.25. The van der Waals surface area contributed by atoms with Crippen molar-refractivity contribution in [3.05, 3.63) is 58.1 Å². The minimum absolute atomic E-state index is 0.559. The second-order valence-corrected chi connectivity index (χ2v) is 4.40. The largest absolute Gasteiger partial charge is 0.382 e. The highest BCUT2D eigenvalue weighted by Crippen LogP contribution is 2.24. The molecule has 1 atom stereocenters. The van der Waals surface area contributed by atoms with Crippen molar-refractivity contribution in [1.29, 1.82) is 0 Å². The quantitative estimate of drug-likeness (QED) is 0.919. The van der Waals surface area contributed by atoms with Crippen molar-refractivity contribution in [1.82, 2.24) is 9.97 Å².